The highest BCUT2D eigenvalue weighted by atomic mass is 16.5. The summed E-state index contributed by atoms with van der Waals surface area (Å²) in [5, 5.41) is 11.5. The second-order valence-electron chi connectivity index (χ2n) is 5.38. The van der Waals surface area contributed by atoms with Gasteiger partial charge in [-0.15, -0.1) is 0 Å². The molecule has 0 fully saturated rings. The van der Waals surface area contributed by atoms with E-state index in [4.69, 9.17) is 9.15 Å². The largest absolute Gasteiger partial charge is 0.550 e. The first-order valence-electron chi connectivity index (χ1n) is 7.33. The fourth-order valence-electron chi connectivity index (χ4n) is 2.43. The molecule has 0 aliphatic rings. The van der Waals surface area contributed by atoms with E-state index in [0.717, 1.165) is 18.4 Å². The first-order chi connectivity index (χ1) is 10.4. The lowest BCUT2D eigenvalue weighted by Gasteiger charge is -2.14. The van der Waals surface area contributed by atoms with Crippen LogP contribution >= 0.6 is 0 Å². The van der Waals surface area contributed by atoms with E-state index in [1.165, 1.54) is 0 Å². The summed E-state index contributed by atoms with van der Waals surface area (Å²) in [6.07, 6.45) is 1.46. The number of carboxylic acids is 1. The van der Waals surface area contributed by atoms with Gasteiger partial charge in [-0.1, -0.05) is 13.3 Å². The summed E-state index contributed by atoms with van der Waals surface area (Å²) in [7, 11) is 0. The summed E-state index contributed by atoms with van der Waals surface area (Å²) < 4.78 is 11.1. The maximum atomic E-state index is 12.0. The van der Waals surface area contributed by atoms with Crippen molar-refractivity contribution in [2.75, 3.05) is 6.61 Å². The van der Waals surface area contributed by atoms with Gasteiger partial charge in [0.1, 0.15) is 11.3 Å². The Morgan fingerprint density at radius 3 is 2.68 bits per heavy atom. The minimum Gasteiger partial charge on any atom is -0.550 e. The van der Waals surface area contributed by atoms with Gasteiger partial charge in [-0.2, -0.15) is 0 Å². The standard InChI is InChI=1S/C17H20O5/c1-4-5-6-21-13-7-10(2)8-14-16(13)11(3)12(9-15(18)19)17(20)22-14/h7-8H,4-6,9H2,1-3H3,(H,18,19)/p-1. The van der Waals surface area contributed by atoms with Crippen LogP contribution in [0.15, 0.2) is 21.3 Å². The fraction of sp³-hybridized carbons (Fsp3) is 0.412. The van der Waals surface area contributed by atoms with Crippen molar-refractivity contribution in [2.24, 2.45) is 0 Å². The average molecular weight is 303 g/mol. The highest BCUT2D eigenvalue weighted by Crippen LogP contribution is 2.31. The van der Waals surface area contributed by atoms with Crippen molar-refractivity contribution in [3.8, 4) is 5.75 Å². The number of ether oxygens (including phenoxy) is 1. The minimum absolute atomic E-state index is 0.108. The molecule has 0 aliphatic carbocycles. The van der Waals surface area contributed by atoms with Crippen LogP contribution in [-0.4, -0.2) is 12.6 Å². The van der Waals surface area contributed by atoms with Gasteiger partial charge in [-0.3, -0.25) is 0 Å². The van der Waals surface area contributed by atoms with E-state index in [-0.39, 0.29) is 5.56 Å². The van der Waals surface area contributed by atoms with Crippen molar-refractivity contribution < 1.29 is 19.1 Å². The quantitative estimate of drug-likeness (QED) is 0.601. The Labute approximate surface area is 128 Å². The summed E-state index contributed by atoms with van der Waals surface area (Å²) in [5.74, 6) is -0.695. The molecule has 0 spiro atoms. The minimum atomic E-state index is -1.31. The SMILES string of the molecule is CCCCOc1cc(C)cc2oc(=O)c(CC(=O)[O-])c(C)c12. The summed E-state index contributed by atoms with van der Waals surface area (Å²) in [5.41, 5.74) is 1.36. The maximum Gasteiger partial charge on any atom is 0.340 e. The molecule has 0 atom stereocenters. The smallest absolute Gasteiger partial charge is 0.340 e. The van der Waals surface area contributed by atoms with Crippen molar-refractivity contribution in [1.82, 2.24) is 0 Å². The first kappa shape index (κ1) is 16.1. The van der Waals surface area contributed by atoms with Gasteiger partial charge < -0.3 is 19.1 Å². The molecule has 0 unspecified atom stereocenters. The molecule has 1 heterocycles. The third-order valence-corrected chi connectivity index (χ3v) is 3.56. The van der Waals surface area contributed by atoms with Gasteiger partial charge in [0.15, 0.2) is 0 Å². The lowest BCUT2D eigenvalue weighted by atomic mass is 10.0. The number of carbonyl (C=O) groups excluding carboxylic acids is 1. The van der Waals surface area contributed by atoms with Crippen LogP contribution in [-0.2, 0) is 11.2 Å². The second-order valence-corrected chi connectivity index (χ2v) is 5.38. The van der Waals surface area contributed by atoms with Crippen molar-refractivity contribution in [2.45, 2.75) is 40.0 Å². The van der Waals surface area contributed by atoms with Crippen LogP contribution in [0.4, 0.5) is 0 Å². The predicted molar refractivity (Wildman–Crippen MR) is 81.1 cm³/mol. The molecule has 0 radical (unpaired) electrons. The van der Waals surface area contributed by atoms with Crippen LogP contribution in [0, 0.1) is 13.8 Å². The lowest BCUT2D eigenvalue weighted by molar-refractivity contribution is -0.304. The molecule has 0 saturated heterocycles. The average Bonchev–Trinajstić information content (AvgIpc) is 2.42. The Bertz CT molecular complexity index is 758. The maximum absolute atomic E-state index is 12.0. The van der Waals surface area contributed by atoms with Crippen LogP contribution in [0.25, 0.3) is 11.0 Å². The number of aryl methyl sites for hydroxylation is 2. The predicted octanol–water partition coefficient (Wildman–Crippen LogP) is 1.88. The highest BCUT2D eigenvalue weighted by Gasteiger charge is 2.16. The number of rotatable bonds is 6. The third kappa shape index (κ3) is 3.30. The first-order valence-corrected chi connectivity index (χ1v) is 7.33. The molecule has 0 amide bonds. The summed E-state index contributed by atoms with van der Waals surface area (Å²) >= 11 is 0. The molecule has 0 saturated carbocycles. The number of carbonyl (C=O) groups is 1. The van der Waals surface area contributed by atoms with Crippen LogP contribution in [0.2, 0.25) is 0 Å². The Morgan fingerprint density at radius 1 is 1.32 bits per heavy atom. The molecular weight excluding hydrogens is 284 g/mol. The number of unbranched alkanes of at least 4 members (excludes halogenated alkanes) is 1. The van der Waals surface area contributed by atoms with Gasteiger partial charge in [0.25, 0.3) is 0 Å². The summed E-state index contributed by atoms with van der Waals surface area (Å²) in [4.78, 5) is 22.8. The molecule has 118 valence electrons. The van der Waals surface area contributed by atoms with Crippen LogP contribution in [0.1, 0.15) is 36.5 Å². The number of hydrogen-bond donors (Lipinski definition) is 0. The molecule has 0 aliphatic heterocycles. The van der Waals surface area contributed by atoms with Crippen molar-refractivity contribution in [1.29, 1.82) is 0 Å². The normalized spacial score (nSPS) is 10.9. The molecular formula is C17H19O5-. The van der Waals surface area contributed by atoms with Gasteiger partial charge >= 0.3 is 5.63 Å². The van der Waals surface area contributed by atoms with E-state index in [1.807, 2.05) is 13.0 Å². The number of carboxylic acid groups (broad SMARTS) is 1. The van der Waals surface area contributed by atoms with E-state index in [0.29, 0.717) is 28.9 Å². The van der Waals surface area contributed by atoms with E-state index < -0.39 is 18.0 Å². The molecule has 5 nitrogen and oxygen atoms in total. The Hall–Kier alpha value is -2.30. The van der Waals surface area contributed by atoms with Crippen molar-refractivity contribution in [3.63, 3.8) is 0 Å². The van der Waals surface area contributed by atoms with Gasteiger partial charge in [0, 0.05) is 18.0 Å². The van der Waals surface area contributed by atoms with Crippen LogP contribution < -0.4 is 15.5 Å². The van der Waals surface area contributed by atoms with Gasteiger partial charge in [0.05, 0.1) is 12.0 Å². The molecule has 2 rings (SSSR count). The molecule has 2 aromatic rings. The second kappa shape index (κ2) is 6.64. The monoisotopic (exact) mass is 303 g/mol. The highest BCUT2D eigenvalue weighted by molar-refractivity contribution is 5.89. The zero-order valence-corrected chi connectivity index (χ0v) is 13.0. The Morgan fingerprint density at radius 2 is 2.05 bits per heavy atom. The summed E-state index contributed by atoms with van der Waals surface area (Å²) in [6, 6.07) is 3.62. The fourth-order valence-corrected chi connectivity index (χ4v) is 2.43. The number of fused-ring (bicyclic) bond motifs is 1. The number of benzene rings is 1. The number of aliphatic carboxylic acids is 1. The van der Waals surface area contributed by atoms with E-state index in [2.05, 4.69) is 6.92 Å². The topological polar surface area (TPSA) is 79.6 Å². The molecule has 22 heavy (non-hydrogen) atoms. The van der Waals surface area contributed by atoms with E-state index >= 15 is 0 Å². The zero-order chi connectivity index (χ0) is 16.3. The van der Waals surface area contributed by atoms with Gasteiger partial charge in [-0.05, 0) is 43.5 Å². The Balaban J connectivity index is 2.63. The van der Waals surface area contributed by atoms with Crippen molar-refractivity contribution >= 4 is 16.9 Å². The molecule has 1 aromatic heterocycles. The zero-order valence-electron chi connectivity index (χ0n) is 13.0. The molecule has 1 aromatic carbocycles. The van der Waals surface area contributed by atoms with Crippen molar-refractivity contribution in [3.05, 3.63) is 39.2 Å². The third-order valence-electron chi connectivity index (χ3n) is 3.56. The Kier molecular flexibility index (Phi) is 4.85. The summed E-state index contributed by atoms with van der Waals surface area (Å²) in [6.45, 7) is 6.22. The van der Waals surface area contributed by atoms with Crippen LogP contribution in [0.5, 0.6) is 5.75 Å². The van der Waals surface area contributed by atoms with Crippen LogP contribution in [0.3, 0.4) is 0 Å². The van der Waals surface area contributed by atoms with E-state index in [1.54, 1.807) is 13.0 Å². The molecule has 0 N–H and O–H groups in total. The molecule has 0 bridgehead atoms. The van der Waals surface area contributed by atoms with E-state index in [9.17, 15) is 14.7 Å². The lowest BCUT2D eigenvalue weighted by Crippen LogP contribution is -2.27. The van der Waals surface area contributed by atoms with Gasteiger partial charge in [-0.25, -0.2) is 4.79 Å². The number of hydrogen-bond acceptors (Lipinski definition) is 5. The van der Waals surface area contributed by atoms with Gasteiger partial charge in [0.2, 0.25) is 0 Å². The molecule has 5 heteroatoms.